The van der Waals surface area contributed by atoms with Gasteiger partial charge in [0.25, 0.3) is 0 Å². The number of carbonyl (C=O) groups is 2. The molecule has 4 unspecified atom stereocenters. The van der Waals surface area contributed by atoms with Crippen LogP contribution in [-0.4, -0.2) is 39.7 Å². The molecule has 0 radical (unpaired) electrons. The van der Waals surface area contributed by atoms with Gasteiger partial charge in [0.2, 0.25) is 5.91 Å². The number of hydrogen-bond acceptors (Lipinski definition) is 3. The van der Waals surface area contributed by atoms with Gasteiger partial charge in [0, 0.05) is 12.3 Å². The van der Waals surface area contributed by atoms with E-state index in [2.05, 4.69) is 0 Å². The number of amides is 1. The summed E-state index contributed by atoms with van der Waals surface area (Å²) in [6, 6.07) is 9.43. The zero-order valence-electron chi connectivity index (χ0n) is 13.4. The average Bonchev–Trinajstić information content (AvgIpc) is 3.13. The maximum absolute atomic E-state index is 12.8. The Morgan fingerprint density at radius 1 is 1.30 bits per heavy atom. The summed E-state index contributed by atoms with van der Waals surface area (Å²) in [7, 11) is 0. The van der Waals surface area contributed by atoms with Crippen molar-refractivity contribution in [2.75, 3.05) is 6.54 Å². The number of hydrogen-bond donors (Lipinski definition) is 1. The van der Waals surface area contributed by atoms with Crippen molar-refractivity contribution in [3.05, 3.63) is 35.9 Å². The molecule has 4 atom stereocenters. The van der Waals surface area contributed by atoms with Gasteiger partial charge in [0.15, 0.2) is 0 Å². The molecule has 1 heterocycles. The molecular weight excluding hydrogens is 310 g/mol. The van der Waals surface area contributed by atoms with Crippen LogP contribution in [0, 0.1) is 11.8 Å². The van der Waals surface area contributed by atoms with Crippen LogP contribution in [0.2, 0.25) is 0 Å². The lowest BCUT2D eigenvalue weighted by atomic mass is 9.94. The Labute approximate surface area is 141 Å². The number of benzene rings is 1. The summed E-state index contributed by atoms with van der Waals surface area (Å²) in [4.78, 5) is 26.1. The molecule has 3 rings (SSSR count). The zero-order valence-corrected chi connectivity index (χ0v) is 14.2. The minimum Gasteiger partial charge on any atom is -0.480 e. The predicted molar refractivity (Wildman–Crippen MR) is 91.2 cm³/mol. The molecule has 1 aromatic rings. The first-order chi connectivity index (χ1) is 11.1. The van der Waals surface area contributed by atoms with Crippen molar-refractivity contribution in [1.82, 2.24) is 4.90 Å². The van der Waals surface area contributed by atoms with Crippen molar-refractivity contribution >= 4 is 23.6 Å². The standard InChI is InChI=1S/C18H23NO3S/c1-12(23-11-13-6-3-2-4-7-13)17(20)19-10-14-8-5-9-15(14)16(19)18(21)22/h2-4,6-7,12,14-16H,5,8-11H2,1H3,(H,21,22). The maximum Gasteiger partial charge on any atom is 0.326 e. The van der Waals surface area contributed by atoms with E-state index in [-0.39, 0.29) is 17.1 Å². The molecule has 1 aromatic carbocycles. The Morgan fingerprint density at radius 3 is 2.74 bits per heavy atom. The number of carbonyl (C=O) groups excluding carboxylic acids is 1. The fraction of sp³-hybridized carbons (Fsp3) is 0.556. The van der Waals surface area contributed by atoms with Crippen LogP contribution < -0.4 is 0 Å². The maximum atomic E-state index is 12.8. The van der Waals surface area contributed by atoms with Gasteiger partial charge in [-0.25, -0.2) is 4.79 Å². The van der Waals surface area contributed by atoms with Crippen LogP contribution in [0.5, 0.6) is 0 Å². The van der Waals surface area contributed by atoms with Crippen molar-refractivity contribution in [3.8, 4) is 0 Å². The van der Waals surface area contributed by atoms with Crippen LogP contribution in [0.3, 0.4) is 0 Å². The lowest BCUT2D eigenvalue weighted by molar-refractivity contribution is -0.149. The van der Waals surface area contributed by atoms with E-state index in [1.807, 2.05) is 37.3 Å². The molecule has 1 saturated heterocycles. The summed E-state index contributed by atoms with van der Waals surface area (Å²) in [5, 5.41) is 9.36. The number of aliphatic carboxylic acids is 1. The minimum atomic E-state index is -0.840. The summed E-state index contributed by atoms with van der Waals surface area (Å²) >= 11 is 1.58. The summed E-state index contributed by atoms with van der Waals surface area (Å²) in [6.07, 6.45) is 3.10. The van der Waals surface area contributed by atoms with Gasteiger partial charge < -0.3 is 10.0 Å². The molecule has 5 heteroatoms. The normalized spacial score (nSPS) is 27.7. The van der Waals surface area contributed by atoms with E-state index in [1.54, 1.807) is 16.7 Å². The van der Waals surface area contributed by atoms with Crippen LogP contribution in [-0.2, 0) is 15.3 Å². The average molecular weight is 333 g/mol. The second-order valence-electron chi connectivity index (χ2n) is 6.57. The van der Waals surface area contributed by atoms with Crippen LogP contribution >= 0.6 is 11.8 Å². The summed E-state index contributed by atoms with van der Waals surface area (Å²) in [5.74, 6) is 0.446. The van der Waals surface area contributed by atoms with E-state index in [1.165, 1.54) is 5.56 Å². The Morgan fingerprint density at radius 2 is 2.04 bits per heavy atom. The number of fused-ring (bicyclic) bond motifs is 1. The molecule has 1 saturated carbocycles. The van der Waals surface area contributed by atoms with Gasteiger partial charge in [-0.2, -0.15) is 0 Å². The molecule has 2 aliphatic rings. The Bertz CT molecular complexity index is 577. The van der Waals surface area contributed by atoms with Gasteiger partial charge in [-0.1, -0.05) is 36.8 Å². The zero-order chi connectivity index (χ0) is 16.4. The first-order valence-electron chi connectivity index (χ1n) is 8.26. The highest BCUT2D eigenvalue weighted by Crippen LogP contribution is 2.42. The van der Waals surface area contributed by atoms with E-state index < -0.39 is 12.0 Å². The summed E-state index contributed by atoms with van der Waals surface area (Å²) in [5.41, 5.74) is 1.19. The monoisotopic (exact) mass is 333 g/mol. The third-order valence-corrected chi connectivity index (χ3v) is 6.32. The van der Waals surface area contributed by atoms with E-state index >= 15 is 0 Å². The highest BCUT2D eigenvalue weighted by molar-refractivity contribution is 7.99. The fourth-order valence-corrected chi connectivity index (χ4v) is 4.86. The molecule has 23 heavy (non-hydrogen) atoms. The predicted octanol–water partition coefficient (Wildman–Crippen LogP) is 3.02. The third-order valence-electron chi connectivity index (χ3n) is 5.12. The van der Waals surface area contributed by atoms with Crippen molar-refractivity contribution in [1.29, 1.82) is 0 Å². The van der Waals surface area contributed by atoms with Crippen LogP contribution in [0.15, 0.2) is 30.3 Å². The minimum absolute atomic E-state index is 0.0206. The molecule has 0 bridgehead atoms. The number of carboxylic acid groups (broad SMARTS) is 1. The molecule has 2 fully saturated rings. The first-order valence-corrected chi connectivity index (χ1v) is 9.31. The second-order valence-corrected chi connectivity index (χ2v) is 7.90. The number of carboxylic acids is 1. The van der Waals surface area contributed by atoms with E-state index in [4.69, 9.17) is 0 Å². The van der Waals surface area contributed by atoms with Crippen molar-refractivity contribution in [3.63, 3.8) is 0 Å². The largest absolute Gasteiger partial charge is 0.480 e. The van der Waals surface area contributed by atoms with Gasteiger partial charge in [-0.15, -0.1) is 11.8 Å². The molecule has 4 nitrogen and oxygen atoms in total. The lowest BCUT2D eigenvalue weighted by Crippen LogP contribution is -2.46. The van der Waals surface area contributed by atoms with Gasteiger partial charge >= 0.3 is 5.97 Å². The van der Waals surface area contributed by atoms with Gasteiger partial charge in [-0.05, 0) is 37.2 Å². The third kappa shape index (κ3) is 3.39. The fourth-order valence-electron chi connectivity index (χ4n) is 3.95. The Balaban J connectivity index is 1.63. The number of rotatable bonds is 5. The van der Waals surface area contributed by atoms with Crippen molar-refractivity contribution < 1.29 is 14.7 Å². The molecule has 1 aliphatic carbocycles. The molecule has 1 amide bonds. The quantitative estimate of drug-likeness (QED) is 0.900. The smallest absolute Gasteiger partial charge is 0.326 e. The number of likely N-dealkylation sites (tertiary alicyclic amines) is 1. The Hall–Kier alpha value is -1.49. The van der Waals surface area contributed by atoms with Gasteiger partial charge in [0.1, 0.15) is 6.04 Å². The SMILES string of the molecule is CC(SCc1ccccc1)C(=O)N1CC2CCCC2C1C(=O)O. The molecule has 0 aromatic heterocycles. The summed E-state index contributed by atoms with van der Waals surface area (Å²) in [6.45, 7) is 2.51. The number of nitrogens with zero attached hydrogens (tertiary/aromatic N) is 1. The van der Waals surface area contributed by atoms with E-state index in [9.17, 15) is 14.7 Å². The van der Waals surface area contributed by atoms with Crippen LogP contribution in [0.1, 0.15) is 31.7 Å². The molecule has 124 valence electrons. The number of thioether (sulfide) groups is 1. The lowest BCUT2D eigenvalue weighted by Gasteiger charge is -2.27. The molecule has 1 aliphatic heterocycles. The van der Waals surface area contributed by atoms with Crippen molar-refractivity contribution in [2.45, 2.75) is 43.2 Å². The van der Waals surface area contributed by atoms with Crippen LogP contribution in [0.4, 0.5) is 0 Å². The van der Waals surface area contributed by atoms with Gasteiger partial charge in [0.05, 0.1) is 5.25 Å². The first kappa shape index (κ1) is 16.4. The van der Waals surface area contributed by atoms with Crippen LogP contribution in [0.25, 0.3) is 0 Å². The molecule has 0 spiro atoms. The van der Waals surface area contributed by atoms with E-state index in [0.29, 0.717) is 12.5 Å². The molecular formula is C18H23NO3S. The van der Waals surface area contributed by atoms with Gasteiger partial charge in [-0.3, -0.25) is 4.79 Å². The highest BCUT2D eigenvalue weighted by Gasteiger charge is 2.50. The van der Waals surface area contributed by atoms with Crippen molar-refractivity contribution in [2.24, 2.45) is 11.8 Å². The van der Waals surface area contributed by atoms with E-state index in [0.717, 1.165) is 25.0 Å². The molecule has 1 N–H and O–H groups in total. The topological polar surface area (TPSA) is 57.6 Å². The summed E-state index contributed by atoms with van der Waals surface area (Å²) < 4.78 is 0. The Kier molecular flexibility index (Phi) is 4.95. The second kappa shape index (κ2) is 6.95. The highest BCUT2D eigenvalue weighted by atomic mass is 32.2.